The van der Waals surface area contributed by atoms with Gasteiger partial charge in [-0.25, -0.2) is 9.37 Å². The monoisotopic (exact) mass is 260 g/mol. The van der Waals surface area contributed by atoms with Crippen molar-refractivity contribution in [2.24, 2.45) is 0 Å². The van der Waals surface area contributed by atoms with Crippen LogP contribution in [-0.4, -0.2) is 9.38 Å². The number of benzene rings is 1. The van der Waals surface area contributed by atoms with E-state index in [1.807, 2.05) is 35.0 Å². The molecule has 2 aromatic heterocycles. The van der Waals surface area contributed by atoms with Gasteiger partial charge in [-0.3, -0.25) is 0 Å². The van der Waals surface area contributed by atoms with Crippen molar-refractivity contribution in [3.8, 4) is 11.3 Å². The summed E-state index contributed by atoms with van der Waals surface area (Å²) in [5.41, 5.74) is 2.98. The van der Waals surface area contributed by atoms with E-state index in [-0.39, 0.29) is 10.8 Å². The van der Waals surface area contributed by atoms with Crippen molar-refractivity contribution in [3.05, 3.63) is 59.1 Å². The number of hydrogen-bond donors (Lipinski definition) is 0. The van der Waals surface area contributed by atoms with Gasteiger partial charge in [-0.15, -0.1) is 0 Å². The van der Waals surface area contributed by atoms with Crippen LogP contribution < -0.4 is 0 Å². The Kier molecular flexibility index (Phi) is 2.56. The van der Waals surface area contributed by atoms with E-state index in [2.05, 4.69) is 4.98 Å². The van der Waals surface area contributed by atoms with E-state index in [4.69, 9.17) is 11.6 Å². The molecule has 2 heterocycles. The van der Waals surface area contributed by atoms with Crippen LogP contribution in [0.5, 0.6) is 0 Å². The van der Waals surface area contributed by atoms with Crippen molar-refractivity contribution < 1.29 is 4.39 Å². The summed E-state index contributed by atoms with van der Waals surface area (Å²) in [4.78, 5) is 4.48. The lowest BCUT2D eigenvalue weighted by Gasteiger charge is -2.02. The zero-order valence-electron chi connectivity index (χ0n) is 9.69. The molecule has 4 heteroatoms. The quantitative estimate of drug-likeness (QED) is 0.644. The van der Waals surface area contributed by atoms with Crippen LogP contribution in [0.25, 0.3) is 16.9 Å². The van der Waals surface area contributed by atoms with Crippen molar-refractivity contribution in [2.45, 2.75) is 6.92 Å². The minimum Gasteiger partial charge on any atom is -0.306 e. The molecule has 0 aliphatic rings. The summed E-state index contributed by atoms with van der Waals surface area (Å²) in [5.74, 6) is -0.371. The topological polar surface area (TPSA) is 17.3 Å². The first-order valence-electron chi connectivity index (χ1n) is 5.55. The third-order valence-corrected chi connectivity index (χ3v) is 3.14. The van der Waals surface area contributed by atoms with E-state index in [9.17, 15) is 4.39 Å². The van der Waals surface area contributed by atoms with Crippen LogP contribution in [0, 0.1) is 12.7 Å². The Hall–Kier alpha value is -1.87. The van der Waals surface area contributed by atoms with Gasteiger partial charge in [0.1, 0.15) is 11.5 Å². The normalized spacial score (nSPS) is 11.1. The molecule has 0 fully saturated rings. The van der Waals surface area contributed by atoms with E-state index in [0.29, 0.717) is 5.56 Å². The standard InChI is InChI=1S/C14H10ClFN2/c1-9-6-10(7-11(15)14(9)16)12-8-18-5-3-2-4-13(18)17-12/h2-8H,1H3. The Morgan fingerprint density at radius 1 is 1.28 bits per heavy atom. The average molecular weight is 261 g/mol. The molecule has 2 nitrogen and oxygen atoms in total. The summed E-state index contributed by atoms with van der Waals surface area (Å²) in [5, 5.41) is 0.127. The first-order chi connectivity index (χ1) is 8.65. The summed E-state index contributed by atoms with van der Waals surface area (Å²) in [7, 11) is 0. The van der Waals surface area contributed by atoms with Crippen LogP contribution in [0.4, 0.5) is 4.39 Å². The average Bonchev–Trinajstić information content (AvgIpc) is 2.79. The third-order valence-electron chi connectivity index (χ3n) is 2.87. The number of rotatable bonds is 1. The highest BCUT2D eigenvalue weighted by molar-refractivity contribution is 6.31. The van der Waals surface area contributed by atoms with Gasteiger partial charge in [-0.2, -0.15) is 0 Å². The number of hydrogen-bond acceptors (Lipinski definition) is 1. The molecule has 1 aromatic carbocycles. The SMILES string of the molecule is Cc1cc(-c2cn3ccccc3n2)cc(Cl)c1F. The molecule has 0 aliphatic carbocycles. The highest BCUT2D eigenvalue weighted by atomic mass is 35.5. The van der Waals surface area contributed by atoms with Crippen molar-refractivity contribution in [1.82, 2.24) is 9.38 Å². The molecule has 0 aliphatic heterocycles. The summed E-state index contributed by atoms with van der Waals surface area (Å²) in [6, 6.07) is 9.13. The molecule has 0 bridgehead atoms. The lowest BCUT2D eigenvalue weighted by molar-refractivity contribution is 0.619. The van der Waals surface area contributed by atoms with E-state index in [1.165, 1.54) is 0 Å². The second kappa shape index (κ2) is 4.10. The number of imidazole rings is 1. The number of aryl methyl sites for hydroxylation is 1. The first-order valence-corrected chi connectivity index (χ1v) is 5.93. The van der Waals surface area contributed by atoms with Gasteiger partial charge in [0.2, 0.25) is 0 Å². The van der Waals surface area contributed by atoms with Crippen molar-refractivity contribution in [1.29, 1.82) is 0 Å². The molecule has 0 unspecified atom stereocenters. The summed E-state index contributed by atoms with van der Waals surface area (Å²) < 4.78 is 15.4. The van der Waals surface area contributed by atoms with Crippen LogP contribution >= 0.6 is 11.6 Å². The van der Waals surface area contributed by atoms with Gasteiger partial charge >= 0.3 is 0 Å². The summed E-state index contributed by atoms with van der Waals surface area (Å²) >= 11 is 5.86. The molecule has 3 aromatic rings. The Labute approximate surface area is 109 Å². The molecule has 18 heavy (non-hydrogen) atoms. The number of aromatic nitrogens is 2. The van der Waals surface area contributed by atoms with Gasteiger partial charge in [-0.05, 0) is 36.8 Å². The number of halogens is 2. The number of fused-ring (bicyclic) bond motifs is 1. The Balaban J connectivity index is 2.20. The highest BCUT2D eigenvalue weighted by Crippen LogP contribution is 2.27. The number of pyridine rings is 1. The van der Waals surface area contributed by atoms with Gasteiger partial charge in [-0.1, -0.05) is 17.7 Å². The van der Waals surface area contributed by atoms with Crippen LogP contribution in [0.1, 0.15) is 5.56 Å². The minimum absolute atomic E-state index is 0.127. The molecule has 90 valence electrons. The fourth-order valence-corrected chi connectivity index (χ4v) is 2.21. The van der Waals surface area contributed by atoms with Crippen LogP contribution in [-0.2, 0) is 0 Å². The zero-order valence-corrected chi connectivity index (χ0v) is 10.4. The van der Waals surface area contributed by atoms with E-state index < -0.39 is 0 Å². The second-order valence-electron chi connectivity index (χ2n) is 4.18. The second-order valence-corrected chi connectivity index (χ2v) is 4.59. The molecule has 0 saturated carbocycles. The Bertz CT molecular complexity index is 677. The van der Waals surface area contributed by atoms with Gasteiger partial charge in [0, 0.05) is 18.0 Å². The smallest absolute Gasteiger partial charge is 0.144 e. The predicted octanol–water partition coefficient (Wildman–Crippen LogP) is 4.10. The summed E-state index contributed by atoms with van der Waals surface area (Å²) in [6.45, 7) is 1.69. The molecule has 0 radical (unpaired) electrons. The lowest BCUT2D eigenvalue weighted by atomic mass is 10.1. The maximum Gasteiger partial charge on any atom is 0.144 e. The van der Waals surface area contributed by atoms with Crippen molar-refractivity contribution >= 4 is 17.2 Å². The molecule has 0 amide bonds. The van der Waals surface area contributed by atoms with Gasteiger partial charge in [0.25, 0.3) is 0 Å². The maximum absolute atomic E-state index is 13.5. The third kappa shape index (κ3) is 1.77. The van der Waals surface area contributed by atoms with Crippen LogP contribution in [0.2, 0.25) is 5.02 Å². The molecule has 0 spiro atoms. The highest BCUT2D eigenvalue weighted by Gasteiger charge is 2.09. The first kappa shape index (κ1) is 11.2. The molecule has 3 rings (SSSR count). The minimum atomic E-state index is -0.371. The molecular formula is C14H10ClFN2. The predicted molar refractivity (Wildman–Crippen MR) is 70.3 cm³/mol. The lowest BCUT2D eigenvalue weighted by Crippen LogP contribution is -1.86. The molecule has 0 saturated heterocycles. The Morgan fingerprint density at radius 3 is 2.83 bits per heavy atom. The number of nitrogens with zero attached hydrogens (tertiary/aromatic N) is 2. The van der Waals surface area contributed by atoms with E-state index in [1.54, 1.807) is 19.1 Å². The van der Waals surface area contributed by atoms with E-state index in [0.717, 1.165) is 16.9 Å². The Morgan fingerprint density at radius 2 is 2.11 bits per heavy atom. The van der Waals surface area contributed by atoms with Gasteiger partial charge < -0.3 is 4.40 Å². The van der Waals surface area contributed by atoms with Gasteiger partial charge in [0.05, 0.1) is 10.7 Å². The van der Waals surface area contributed by atoms with Crippen molar-refractivity contribution in [2.75, 3.05) is 0 Å². The molecular weight excluding hydrogens is 251 g/mol. The summed E-state index contributed by atoms with van der Waals surface area (Å²) in [6.07, 6.45) is 3.82. The molecule has 0 N–H and O–H groups in total. The van der Waals surface area contributed by atoms with E-state index >= 15 is 0 Å². The fraction of sp³-hybridized carbons (Fsp3) is 0.0714. The van der Waals surface area contributed by atoms with Crippen LogP contribution in [0.3, 0.4) is 0 Å². The van der Waals surface area contributed by atoms with Gasteiger partial charge in [0.15, 0.2) is 0 Å². The largest absolute Gasteiger partial charge is 0.306 e. The van der Waals surface area contributed by atoms with Crippen molar-refractivity contribution in [3.63, 3.8) is 0 Å². The van der Waals surface area contributed by atoms with Crippen LogP contribution in [0.15, 0.2) is 42.7 Å². The zero-order chi connectivity index (χ0) is 12.7. The molecule has 0 atom stereocenters. The maximum atomic E-state index is 13.5. The fourth-order valence-electron chi connectivity index (χ4n) is 1.95.